The minimum absolute atomic E-state index is 0.0100. The molecule has 2 aromatic carbocycles. The molecule has 0 aromatic heterocycles. The molecule has 0 aliphatic rings. The fourth-order valence-corrected chi connectivity index (χ4v) is 2.85. The van der Waals surface area contributed by atoms with E-state index in [0.717, 1.165) is 11.3 Å². The smallest absolute Gasteiger partial charge is 0.175 e. The van der Waals surface area contributed by atoms with Gasteiger partial charge in [-0.25, -0.2) is 8.42 Å². The average molecular weight is 344 g/mol. The molecule has 0 amide bonds. The highest BCUT2D eigenvalue weighted by molar-refractivity contribution is 7.90. The van der Waals surface area contributed by atoms with Gasteiger partial charge >= 0.3 is 0 Å². The molecule has 0 bridgehead atoms. The van der Waals surface area contributed by atoms with Crippen molar-refractivity contribution >= 4 is 38.7 Å². The summed E-state index contributed by atoms with van der Waals surface area (Å²) in [7, 11) is -3.17. The average Bonchev–Trinajstić information content (AvgIpc) is 2.42. The second-order valence-electron chi connectivity index (χ2n) is 4.84. The number of hydrogen-bond acceptors (Lipinski definition) is 3. The van der Waals surface area contributed by atoms with Crippen molar-refractivity contribution in [1.82, 2.24) is 0 Å². The lowest BCUT2D eigenvalue weighted by Crippen LogP contribution is -2.07. The third-order valence-corrected chi connectivity index (χ3v) is 4.98. The lowest BCUT2D eigenvalue weighted by atomic mass is 10.1. The first-order valence-electron chi connectivity index (χ1n) is 6.29. The monoisotopic (exact) mass is 343 g/mol. The number of sulfone groups is 1. The van der Waals surface area contributed by atoms with Crippen molar-refractivity contribution in [3.63, 3.8) is 0 Å². The fraction of sp³-hybridized carbons (Fsp3) is 0.200. The maximum absolute atomic E-state index is 11.4. The van der Waals surface area contributed by atoms with Gasteiger partial charge in [0.15, 0.2) is 9.84 Å². The fourth-order valence-electron chi connectivity index (χ4n) is 1.92. The van der Waals surface area contributed by atoms with Crippen LogP contribution in [-0.4, -0.2) is 14.7 Å². The van der Waals surface area contributed by atoms with E-state index in [0.29, 0.717) is 14.9 Å². The van der Waals surface area contributed by atoms with E-state index >= 15 is 0 Å². The zero-order valence-electron chi connectivity index (χ0n) is 11.6. The van der Waals surface area contributed by atoms with Crippen molar-refractivity contribution in [2.24, 2.45) is 0 Å². The quantitative estimate of drug-likeness (QED) is 0.884. The van der Waals surface area contributed by atoms with Gasteiger partial charge in [-0.2, -0.15) is 0 Å². The van der Waals surface area contributed by atoms with Crippen LogP contribution in [0.1, 0.15) is 18.5 Å². The lowest BCUT2D eigenvalue weighted by molar-refractivity contribution is 0.602. The summed E-state index contributed by atoms with van der Waals surface area (Å²) in [6.45, 7) is 1.98. The van der Waals surface area contributed by atoms with Gasteiger partial charge in [0.25, 0.3) is 0 Å². The summed E-state index contributed by atoms with van der Waals surface area (Å²) in [6, 6.07) is 12.1. The zero-order chi connectivity index (χ0) is 15.6. The molecule has 0 saturated heterocycles. The molecule has 2 aromatic rings. The Morgan fingerprint density at radius 1 is 1.00 bits per heavy atom. The summed E-state index contributed by atoms with van der Waals surface area (Å²) in [5.74, 6) is 0. The Kier molecular flexibility index (Phi) is 4.81. The van der Waals surface area contributed by atoms with Gasteiger partial charge in [-0.05, 0) is 42.8 Å². The Balaban J connectivity index is 2.16. The van der Waals surface area contributed by atoms with Crippen molar-refractivity contribution < 1.29 is 8.42 Å². The molecule has 0 aliphatic carbocycles. The largest absolute Gasteiger partial charge is 0.378 e. The van der Waals surface area contributed by atoms with E-state index < -0.39 is 9.84 Å². The predicted molar refractivity (Wildman–Crippen MR) is 88.1 cm³/mol. The minimum Gasteiger partial charge on any atom is -0.378 e. The molecule has 0 aliphatic heterocycles. The SMILES string of the molecule is CC(Nc1ccc(Cl)c(Cl)c1)c1ccc(S(C)(=O)=O)cc1. The van der Waals surface area contributed by atoms with E-state index in [1.807, 2.05) is 13.0 Å². The molecule has 3 nitrogen and oxygen atoms in total. The van der Waals surface area contributed by atoms with Crippen LogP contribution in [0.15, 0.2) is 47.4 Å². The molecular weight excluding hydrogens is 329 g/mol. The number of anilines is 1. The van der Waals surface area contributed by atoms with Crippen LogP contribution in [0.3, 0.4) is 0 Å². The van der Waals surface area contributed by atoms with E-state index in [4.69, 9.17) is 23.2 Å². The van der Waals surface area contributed by atoms with E-state index in [1.54, 1.807) is 36.4 Å². The van der Waals surface area contributed by atoms with Gasteiger partial charge in [-0.15, -0.1) is 0 Å². The third kappa shape index (κ3) is 4.13. The summed E-state index contributed by atoms with van der Waals surface area (Å²) in [6.07, 6.45) is 1.19. The van der Waals surface area contributed by atoms with Gasteiger partial charge in [-0.1, -0.05) is 35.3 Å². The molecular formula is C15H15Cl2NO2S. The molecule has 0 spiro atoms. The Morgan fingerprint density at radius 3 is 2.14 bits per heavy atom. The maximum Gasteiger partial charge on any atom is 0.175 e. The van der Waals surface area contributed by atoms with Gasteiger partial charge in [-0.3, -0.25) is 0 Å². The van der Waals surface area contributed by atoms with Gasteiger partial charge in [0.05, 0.1) is 14.9 Å². The van der Waals surface area contributed by atoms with Crippen LogP contribution in [0.5, 0.6) is 0 Å². The molecule has 2 rings (SSSR count). The molecule has 1 N–H and O–H groups in total. The number of halogens is 2. The minimum atomic E-state index is -3.17. The molecule has 21 heavy (non-hydrogen) atoms. The van der Waals surface area contributed by atoms with E-state index in [2.05, 4.69) is 5.32 Å². The number of benzene rings is 2. The van der Waals surface area contributed by atoms with Crippen molar-refractivity contribution in [3.05, 3.63) is 58.1 Å². The van der Waals surface area contributed by atoms with Crippen LogP contribution in [-0.2, 0) is 9.84 Å². The zero-order valence-corrected chi connectivity index (χ0v) is 13.9. The first-order valence-corrected chi connectivity index (χ1v) is 8.94. The van der Waals surface area contributed by atoms with E-state index in [-0.39, 0.29) is 6.04 Å². The van der Waals surface area contributed by atoms with E-state index in [1.165, 1.54) is 6.26 Å². The third-order valence-electron chi connectivity index (χ3n) is 3.11. The van der Waals surface area contributed by atoms with Gasteiger partial charge in [0.2, 0.25) is 0 Å². The highest BCUT2D eigenvalue weighted by atomic mass is 35.5. The standard InChI is InChI=1S/C15H15Cl2NO2S/c1-10(18-12-5-8-14(16)15(17)9-12)11-3-6-13(7-4-11)21(2,19)20/h3-10,18H,1-2H3. The Morgan fingerprint density at radius 2 is 1.62 bits per heavy atom. The lowest BCUT2D eigenvalue weighted by Gasteiger charge is -2.16. The summed E-state index contributed by atoms with van der Waals surface area (Å²) >= 11 is 11.9. The summed E-state index contributed by atoms with van der Waals surface area (Å²) in [5, 5.41) is 4.29. The molecule has 6 heteroatoms. The Labute approximate surface area is 134 Å². The van der Waals surface area contributed by atoms with Gasteiger partial charge in [0, 0.05) is 18.0 Å². The molecule has 1 atom stereocenters. The molecule has 0 radical (unpaired) electrons. The Bertz CT molecular complexity index is 743. The maximum atomic E-state index is 11.4. The van der Waals surface area contributed by atoms with Crippen molar-refractivity contribution in [3.8, 4) is 0 Å². The molecule has 1 unspecified atom stereocenters. The van der Waals surface area contributed by atoms with Crippen molar-refractivity contribution in [2.75, 3.05) is 11.6 Å². The van der Waals surface area contributed by atoms with Gasteiger partial charge < -0.3 is 5.32 Å². The van der Waals surface area contributed by atoms with Crippen LogP contribution >= 0.6 is 23.2 Å². The topological polar surface area (TPSA) is 46.2 Å². The summed E-state index contributed by atoms with van der Waals surface area (Å²) < 4.78 is 22.9. The number of rotatable bonds is 4. The number of nitrogens with one attached hydrogen (secondary N) is 1. The van der Waals surface area contributed by atoms with Crippen molar-refractivity contribution in [2.45, 2.75) is 17.9 Å². The molecule has 0 saturated carbocycles. The first-order chi connectivity index (χ1) is 9.77. The van der Waals surface area contributed by atoms with Crippen LogP contribution in [0, 0.1) is 0 Å². The second kappa shape index (κ2) is 6.26. The van der Waals surface area contributed by atoms with Crippen molar-refractivity contribution in [1.29, 1.82) is 0 Å². The van der Waals surface area contributed by atoms with Crippen LogP contribution in [0.4, 0.5) is 5.69 Å². The summed E-state index contributed by atoms with van der Waals surface area (Å²) in [5.41, 5.74) is 1.83. The molecule has 0 fully saturated rings. The first kappa shape index (κ1) is 16.1. The highest BCUT2D eigenvalue weighted by Gasteiger charge is 2.10. The van der Waals surface area contributed by atoms with Gasteiger partial charge in [0.1, 0.15) is 0 Å². The predicted octanol–water partition coefficient (Wildman–Crippen LogP) is 4.57. The molecule has 0 heterocycles. The Hall–Kier alpha value is -1.23. The van der Waals surface area contributed by atoms with Crippen LogP contribution in [0.2, 0.25) is 10.0 Å². The van der Waals surface area contributed by atoms with E-state index in [9.17, 15) is 8.42 Å². The second-order valence-corrected chi connectivity index (χ2v) is 7.67. The normalized spacial score (nSPS) is 13.0. The van der Waals surface area contributed by atoms with Crippen LogP contribution < -0.4 is 5.32 Å². The number of hydrogen-bond donors (Lipinski definition) is 1. The highest BCUT2D eigenvalue weighted by Crippen LogP contribution is 2.27. The molecule has 112 valence electrons. The summed E-state index contributed by atoms with van der Waals surface area (Å²) in [4.78, 5) is 0.313. The van der Waals surface area contributed by atoms with Crippen LogP contribution in [0.25, 0.3) is 0 Å².